The number of carbonyl (C=O) groups excluding carboxylic acids is 2. The number of carbonyl (C=O) groups is 2. The molecular weight excluding hydrogens is 428 g/mol. The maximum atomic E-state index is 13.3. The van der Waals surface area contributed by atoms with E-state index < -0.39 is 18.0 Å². The summed E-state index contributed by atoms with van der Waals surface area (Å²) < 4.78 is 27.4. The van der Waals surface area contributed by atoms with Crippen molar-refractivity contribution in [1.29, 1.82) is 0 Å². The van der Waals surface area contributed by atoms with Crippen molar-refractivity contribution in [2.75, 3.05) is 5.32 Å². The van der Waals surface area contributed by atoms with Gasteiger partial charge in [0.15, 0.2) is 5.78 Å². The van der Waals surface area contributed by atoms with E-state index in [2.05, 4.69) is 20.4 Å². The molecule has 0 atom stereocenters. The van der Waals surface area contributed by atoms with Gasteiger partial charge in [-0.25, -0.2) is 13.8 Å². The van der Waals surface area contributed by atoms with Crippen LogP contribution in [0.25, 0.3) is 5.78 Å². The molecular formula is C21H14ClF2N5O2. The van der Waals surface area contributed by atoms with E-state index in [-0.39, 0.29) is 28.6 Å². The lowest BCUT2D eigenvalue weighted by Gasteiger charge is -2.10. The Kier molecular flexibility index (Phi) is 5.43. The quantitative estimate of drug-likeness (QED) is 0.460. The van der Waals surface area contributed by atoms with Crippen molar-refractivity contribution in [3.05, 3.63) is 88.0 Å². The Balaban J connectivity index is 1.70. The molecule has 7 nitrogen and oxygen atoms in total. The van der Waals surface area contributed by atoms with Crippen LogP contribution in [0.1, 0.15) is 44.4 Å². The van der Waals surface area contributed by atoms with Crippen molar-refractivity contribution < 1.29 is 18.4 Å². The number of rotatable bonds is 5. The van der Waals surface area contributed by atoms with Crippen molar-refractivity contribution in [3.63, 3.8) is 0 Å². The lowest BCUT2D eigenvalue weighted by molar-refractivity contribution is 0.101. The standard InChI is InChI=1S/C21H14ClF2N5O2/c1-11-9-16(18(23)24)29-21(25-11)27-19(28-29)20(31)26-15-8-7-13(22)10-14(15)17(30)12-5-3-2-4-6-12/h2-10,18H,1H3,(H,26,31). The van der Waals surface area contributed by atoms with E-state index in [1.54, 1.807) is 30.3 Å². The van der Waals surface area contributed by atoms with Gasteiger partial charge >= 0.3 is 0 Å². The topological polar surface area (TPSA) is 89.3 Å². The van der Waals surface area contributed by atoms with E-state index in [1.807, 2.05) is 0 Å². The number of benzene rings is 2. The summed E-state index contributed by atoms with van der Waals surface area (Å²) in [5.41, 5.74) is 0.641. The zero-order valence-corrected chi connectivity index (χ0v) is 16.8. The number of hydrogen-bond acceptors (Lipinski definition) is 5. The summed E-state index contributed by atoms with van der Waals surface area (Å²) in [7, 11) is 0. The van der Waals surface area contributed by atoms with Gasteiger partial charge in [-0.2, -0.15) is 9.50 Å². The summed E-state index contributed by atoms with van der Waals surface area (Å²) in [6, 6.07) is 14.1. The van der Waals surface area contributed by atoms with Crippen molar-refractivity contribution in [1.82, 2.24) is 19.6 Å². The highest BCUT2D eigenvalue weighted by Crippen LogP contribution is 2.25. The first-order valence-electron chi connectivity index (χ1n) is 9.06. The second kappa shape index (κ2) is 8.19. The number of fused-ring (bicyclic) bond motifs is 1. The zero-order chi connectivity index (χ0) is 22.1. The molecule has 31 heavy (non-hydrogen) atoms. The maximum Gasteiger partial charge on any atom is 0.295 e. The Morgan fingerprint density at radius 3 is 2.52 bits per heavy atom. The van der Waals surface area contributed by atoms with E-state index in [4.69, 9.17) is 11.6 Å². The lowest BCUT2D eigenvalue weighted by Crippen LogP contribution is -2.17. The number of nitrogens with one attached hydrogen (secondary N) is 1. The first-order valence-corrected chi connectivity index (χ1v) is 9.44. The Labute approximate surface area is 179 Å². The van der Waals surface area contributed by atoms with Crippen molar-refractivity contribution in [2.24, 2.45) is 0 Å². The average molecular weight is 442 g/mol. The Morgan fingerprint density at radius 1 is 1.06 bits per heavy atom. The van der Waals surface area contributed by atoms with E-state index in [0.717, 1.165) is 4.52 Å². The van der Waals surface area contributed by atoms with Crippen LogP contribution < -0.4 is 5.32 Å². The molecule has 0 aliphatic heterocycles. The number of anilines is 1. The Morgan fingerprint density at radius 2 is 1.81 bits per heavy atom. The highest BCUT2D eigenvalue weighted by Gasteiger charge is 2.22. The number of ketones is 1. The van der Waals surface area contributed by atoms with Crippen LogP contribution in [0.15, 0.2) is 54.6 Å². The van der Waals surface area contributed by atoms with Crippen LogP contribution in [0.5, 0.6) is 0 Å². The summed E-state index contributed by atoms with van der Waals surface area (Å²) in [6.45, 7) is 1.54. The van der Waals surface area contributed by atoms with Gasteiger partial charge in [-0.1, -0.05) is 41.9 Å². The predicted molar refractivity (Wildman–Crippen MR) is 110 cm³/mol. The van der Waals surface area contributed by atoms with Crippen molar-refractivity contribution in [3.8, 4) is 0 Å². The molecule has 1 N–H and O–H groups in total. The molecule has 0 saturated heterocycles. The van der Waals surface area contributed by atoms with Gasteiger partial charge in [-0.15, -0.1) is 5.10 Å². The molecule has 0 saturated carbocycles. The van der Waals surface area contributed by atoms with E-state index in [9.17, 15) is 18.4 Å². The van der Waals surface area contributed by atoms with Gasteiger partial charge in [0.05, 0.1) is 5.69 Å². The minimum Gasteiger partial charge on any atom is -0.319 e. The zero-order valence-electron chi connectivity index (χ0n) is 16.0. The highest BCUT2D eigenvalue weighted by molar-refractivity contribution is 6.31. The predicted octanol–water partition coefficient (Wildman–Crippen LogP) is 4.51. The van der Waals surface area contributed by atoms with Crippen molar-refractivity contribution in [2.45, 2.75) is 13.3 Å². The molecule has 4 aromatic rings. The average Bonchev–Trinajstić information content (AvgIpc) is 3.18. The minimum atomic E-state index is -2.83. The molecule has 0 fully saturated rings. The third kappa shape index (κ3) is 4.13. The van der Waals surface area contributed by atoms with E-state index in [1.165, 1.54) is 31.2 Å². The lowest BCUT2D eigenvalue weighted by atomic mass is 10.0. The van der Waals surface area contributed by atoms with Gasteiger partial charge in [0.1, 0.15) is 5.69 Å². The second-order valence-electron chi connectivity index (χ2n) is 6.61. The number of hydrogen-bond donors (Lipinski definition) is 1. The summed E-state index contributed by atoms with van der Waals surface area (Å²) >= 11 is 6.04. The summed E-state index contributed by atoms with van der Waals surface area (Å²) in [5.74, 6) is -1.63. The molecule has 0 bridgehead atoms. The highest BCUT2D eigenvalue weighted by atomic mass is 35.5. The fourth-order valence-electron chi connectivity index (χ4n) is 3.00. The molecule has 156 valence electrons. The number of aryl methyl sites for hydroxylation is 1. The molecule has 4 rings (SSSR count). The van der Waals surface area contributed by atoms with Gasteiger partial charge < -0.3 is 5.32 Å². The summed E-state index contributed by atoms with van der Waals surface area (Å²) in [6.07, 6.45) is -2.83. The van der Waals surface area contributed by atoms with Gasteiger partial charge in [-0.05, 0) is 31.2 Å². The van der Waals surface area contributed by atoms with Gasteiger partial charge in [0, 0.05) is 21.8 Å². The van der Waals surface area contributed by atoms with Crippen molar-refractivity contribution >= 4 is 34.8 Å². The molecule has 2 aromatic carbocycles. The molecule has 1 amide bonds. The van der Waals surface area contributed by atoms with Crippen LogP contribution in [-0.4, -0.2) is 31.3 Å². The van der Waals surface area contributed by atoms with Gasteiger partial charge in [0.2, 0.25) is 5.82 Å². The van der Waals surface area contributed by atoms with Crippen LogP contribution in [-0.2, 0) is 0 Å². The van der Waals surface area contributed by atoms with Crippen LogP contribution >= 0.6 is 11.6 Å². The second-order valence-corrected chi connectivity index (χ2v) is 7.05. The number of alkyl halides is 2. The number of amides is 1. The maximum absolute atomic E-state index is 13.3. The Hall–Kier alpha value is -3.72. The first kappa shape index (κ1) is 20.5. The summed E-state index contributed by atoms with van der Waals surface area (Å²) in [4.78, 5) is 33.6. The summed E-state index contributed by atoms with van der Waals surface area (Å²) in [5, 5.41) is 6.73. The molecule has 0 radical (unpaired) electrons. The van der Waals surface area contributed by atoms with Gasteiger partial charge in [0.25, 0.3) is 18.1 Å². The number of aromatic nitrogens is 4. The molecule has 2 aromatic heterocycles. The van der Waals surface area contributed by atoms with Crippen LogP contribution in [0.4, 0.5) is 14.5 Å². The largest absolute Gasteiger partial charge is 0.319 e. The fourth-order valence-corrected chi connectivity index (χ4v) is 3.17. The molecule has 10 heteroatoms. The molecule has 0 spiro atoms. The van der Waals surface area contributed by atoms with Crippen LogP contribution in [0.2, 0.25) is 5.02 Å². The Bertz CT molecular complexity index is 1310. The number of nitrogens with zero attached hydrogens (tertiary/aromatic N) is 4. The van der Waals surface area contributed by atoms with Gasteiger partial charge in [-0.3, -0.25) is 9.59 Å². The van der Waals surface area contributed by atoms with E-state index in [0.29, 0.717) is 16.3 Å². The molecule has 0 aliphatic rings. The fraction of sp³-hybridized carbons (Fsp3) is 0.0952. The normalized spacial score (nSPS) is 11.1. The molecule has 2 heterocycles. The molecule has 0 unspecified atom stereocenters. The minimum absolute atomic E-state index is 0.128. The van der Waals surface area contributed by atoms with E-state index >= 15 is 0 Å². The van der Waals surface area contributed by atoms with Crippen LogP contribution in [0.3, 0.4) is 0 Å². The smallest absolute Gasteiger partial charge is 0.295 e. The SMILES string of the molecule is Cc1cc(C(F)F)n2nc(C(=O)Nc3ccc(Cl)cc3C(=O)c3ccccc3)nc2n1. The third-order valence-corrected chi connectivity index (χ3v) is 4.64. The van der Waals surface area contributed by atoms with Crippen LogP contribution in [0, 0.1) is 6.92 Å². The monoisotopic (exact) mass is 441 g/mol. The number of halogens is 3. The third-order valence-electron chi connectivity index (χ3n) is 4.40. The molecule has 0 aliphatic carbocycles. The first-order chi connectivity index (χ1) is 14.8.